The van der Waals surface area contributed by atoms with Gasteiger partial charge in [0.05, 0.1) is 5.41 Å². The van der Waals surface area contributed by atoms with Crippen LogP contribution in [0.1, 0.15) is 65.0 Å². The van der Waals surface area contributed by atoms with Gasteiger partial charge >= 0.3 is 6.09 Å². The van der Waals surface area contributed by atoms with Gasteiger partial charge in [0.15, 0.2) is 0 Å². The molecule has 3 rings (SSSR count). The summed E-state index contributed by atoms with van der Waals surface area (Å²) in [5, 5.41) is 3.33. The van der Waals surface area contributed by atoms with Gasteiger partial charge in [-0.25, -0.2) is 9.18 Å². The number of carbonyl (C=O) groups excluding carboxylic acids is 2. The lowest BCUT2D eigenvalue weighted by Crippen LogP contribution is -2.50. The van der Waals surface area contributed by atoms with Crippen molar-refractivity contribution >= 4 is 17.6 Å². The number of hydrogen-bond acceptors (Lipinski definition) is 5. The van der Waals surface area contributed by atoms with Gasteiger partial charge in [0.25, 0.3) is 0 Å². The smallest absolute Gasteiger partial charge is 0.410 e. The van der Waals surface area contributed by atoms with E-state index in [1.54, 1.807) is 17.9 Å². The third kappa shape index (κ3) is 5.25. The molecule has 1 aromatic rings. The van der Waals surface area contributed by atoms with Crippen molar-refractivity contribution in [3.63, 3.8) is 0 Å². The molecule has 1 N–H and O–H groups in total. The van der Waals surface area contributed by atoms with Crippen LogP contribution in [0.5, 0.6) is 0 Å². The number of anilines is 1. The molecular weight excluding hydrogens is 409 g/mol. The van der Waals surface area contributed by atoms with E-state index in [0.717, 1.165) is 50.3 Å². The maximum Gasteiger partial charge on any atom is 0.410 e. The number of ketones is 1. The highest BCUT2D eigenvalue weighted by Gasteiger charge is 2.45. The largest absolute Gasteiger partial charge is 0.444 e. The van der Waals surface area contributed by atoms with Crippen molar-refractivity contribution in [1.29, 1.82) is 0 Å². The van der Waals surface area contributed by atoms with Gasteiger partial charge in [-0.1, -0.05) is 13.3 Å². The summed E-state index contributed by atoms with van der Waals surface area (Å²) in [6.45, 7) is 13.3. The van der Waals surface area contributed by atoms with E-state index < -0.39 is 11.0 Å². The quantitative estimate of drug-likeness (QED) is 0.738. The Hall–Kier alpha value is -2.15. The Kier molecular flexibility index (Phi) is 7.48. The molecule has 0 bridgehead atoms. The SMILES string of the molecule is CCCc1cc(N2CCNCC2)cc(F)c1C1(C(C)=O)CCN(C(=O)OC(C)(C)C)CC1. The number of rotatable bonds is 5. The molecule has 0 spiro atoms. The number of nitrogens with one attached hydrogen (secondary N) is 1. The number of carbonyl (C=O) groups is 2. The molecular formula is C25H38FN3O3. The van der Waals surface area contributed by atoms with E-state index in [1.165, 1.54) is 0 Å². The van der Waals surface area contributed by atoms with Gasteiger partial charge in [0, 0.05) is 50.5 Å². The van der Waals surface area contributed by atoms with Gasteiger partial charge in [-0.15, -0.1) is 0 Å². The Morgan fingerprint density at radius 1 is 1.12 bits per heavy atom. The highest BCUT2D eigenvalue weighted by Crippen LogP contribution is 2.42. The number of Topliss-reactive ketones (excluding diaryl/α,β-unsaturated/α-hetero) is 1. The topological polar surface area (TPSA) is 61.9 Å². The van der Waals surface area contributed by atoms with Gasteiger partial charge in [-0.2, -0.15) is 0 Å². The molecule has 2 aliphatic heterocycles. The van der Waals surface area contributed by atoms with Gasteiger partial charge in [-0.3, -0.25) is 4.79 Å². The molecule has 0 atom stereocenters. The molecule has 0 aromatic heterocycles. The number of benzene rings is 1. The Morgan fingerprint density at radius 2 is 1.75 bits per heavy atom. The lowest BCUT2D eigenvalue weighted by atomic mass is 9.68. The first-order valence-electron chi connectivity index (χ1n) is 11.8. The second kappa shape index (κ2) is 9.77. The number of piperazine rings is 1. The van der Waals surface area contributed by atoms with Crippen LogP contribution in [0.3, 0.4) is 0 Å². The van der Waals surface area contributed by atoms with E-state index in [1.807, 2.05) is 20.8 Å². The number of ether oxygens (including phenoxy) is 1. The van der Waals surface area contributed by atoms with Crippen molar-refractivity contribution in [1.82, 2.24) is 10.2 Å². The first-order valence-corrected chi connectivity index (χ1v) is 11.8. The summed E-state index contributed by atoms with van der Waals surface area (Å²) in [6.07, 6.45) is 2.02. The summed E-state index contributed by atoms with van der Waals surface area (Å²) in [5.74, 6) is -0.335. The standard InChI is InChI=1S/C25H38FN3O3/c1-6-7-19-16-20(28-14-10-27-11-15-28)17-21(26)22(19)25(18(2)30)8-12-29(13-9-25)23(31)32-24(3,4)5/h16-17,27H,6-15H2,1-5H3. The Bertz CT molecular complexity index is 836. The van der Waals surface area contributed by atoms with Crippen molar-refractivity contribution in [2.75, 3.05) is 44.2 Å². The second-order valence-electron chi connectivity index (χ2n) is 10.1. The molecule has 0 radical (unpaired) electrons. The summed E-state index contributed by atoms with van der Waals surface area (Å²) in [6, 6.07) is 3.68. The van der Waals surface area contributed by atoms with E-state index in [4.69, 9.17) is 4.74 Å². The minimum atomic E-state index is -0.908. The molecule has 7 heteroatoms. The van der Waals surface area contributed by atoms with Crippen molar-refractivity contribution in [3.8, 4) is 0 Å². The monoisotopic (exact) mass is 447 g/mol. The van der Waals surface area contributed by atoms with Crippen LogP contribution in [0.15, 0.2) is 12.1 Å². The van der Waals surface area contributed by atoms with Gasteiger partial charge in [0.2, 0.25) is 0 Å². The van der Waals surface area contributed by atoms with E-state index in [0.29, 0.717) is 31.5 Å². The number of likely N-dealkylation sites (tertiary alicyclic amines) is 1. The molecule has 6 nitrogen and oxygen atoms in total. The van der Waals surface area contributed by atoms with E-state index in [-0.39, 0.29) is 17.7 Å². The highest BCUT2D eigenvalue weighted by atomic mass is 19.1. The maximum atomic E-state index is 15.8. The fraction of sp³-hybridized carbons (Fsp3) is 0.680. The normalized spacial score (nSPS) is 19.1. The van der Waals surface area contributed by atoms with Crippen molar-refractivity contribution in [2.45, 2.75) is 71.3 Å². The molecule has 2 heterocycles. The molecule has 1 amide bonds. The van der Waals surface area contributed by atoms with Crippen LogP contribution in [0.25, 0.3) is 0 Å². The minimum Gasteiger partial charge on any atom is -0.444 e. The number of aryl methyl sites for hydroxylation is 1. The van der Waals surface area contributed by atoms with Crippen molar-refractivity contribution in [2.24, 2.45) is 0 Å². The number of piperidine rings is 1. The average molecular weight is 448 g/mol. The van der Waals surface area contributed by atoms with Gasteiger partial charge in [-0.05, 0) is 64.7 Å². The van der Waals surface area contributed by atoms with Crippen molar-refractivity contribution < 1.29 is 18.7 Å². The molecule has 178 valence electrons. The molecule has 2 saturated heterocycles. The summed E-state index contributed by atoms with van der Waals surface area (Å²) < 4.78 is 21.3. The zero-order valence-electron chi connectivity index (χ0n) is 20.2. The average Bonchev–Trinajstić information content (AvgIpc) is 2.73. The van der Waals surface area contributed by atoms with Gasteiger partial charge in [0.1, 0.15) is 17.2 Å². The molecule has 0 unspecified atom stereocenters. The summed E-state index contributed by atoms with van der Waals surface area (Å²) >= 11 is 0. The van der Waals surface area contributed by atoms with E-state index in [9.17, 15) is 9.59 Å². The number of halogens is 1. The van der Waals surface area contributed by atoms with E-state index in [2.05, 4.69) is 23.2 Å². The maximum absolute atomic E-state index is 15.8. The Balaban J connectivity index is 1.92. The first-order chi connectivity index (χ1) is 15.1. The van der Waals surface area contributed by atoms with Crippen LogP contribution in [0.4, 0.5) is 14.9 Å². The fourth-order valence-electron chi connectivity index (χ4n) is 4.93. The predicted octanol–water partition coefficient (Wildman–Crippen LogP) is 4.05. The van der Waals surface area contributed by atoms with Crippen LogP contribution in [-0.2, 0) is 21.4 Å². The zero-order chi connectivity index (χ0) is 23.5. The van der Waals surface area contributed by atoms with Crippen LogP contribution in [0, 0.1) is 5.82 Å². The van der Waals surface area contributed by atoms with E-state index >= 15 is 4.39 Å². The second-order valence-corrected chi connectivity index (χ2v) is 10.1. The minimum absolute atomic E-state index is 0.0347. The van der Waals surface area contributed by atoms with Crippen LogP contribution < -0.4 is 10.2 Å². The highest BCUT2D eigenvalue weighted by molar-refractivity contribution is 5.89. The Labute approximate surface area is 191 Å². The van der Waals surface area contributed by atoms with Crippen LogP contribution in [-0.4, -0.2) is 61.6 Å². The van der Waals surface area contributed by atoms with Gasteiger partial charge < -0.3 is 19.9 Å². The fourth-order valence-corrected chi connectivity index (χ4v) is 4.93. The summed E-state index contributed by atoms with van der Waals surface area (Å²) in [5.41, 5.74) is 0.860. The zero-order valence-corrected chi connectivity index (χ0v) is 20.2. The number of hydrogen-bond donors (Lipinski definition) is 1. The third-order valence-electron chi connectivity index (χ3n) is 6.58. The number of nitrogens with zero attached hydrogens (tertiary/aromatic N) is 2. The molecule has 1 aromatic carbocycles. The van der Waals surface area contributed by atoms with Crippen LogP contribution >= 0.6 is 0 Å². The lowest BCUT2D eigenvalue weighted by Gasteiger charge is -2.42. The molecule has 2 fully saturated rings. The molecule has 2 aliphatic rings. The first kappa shape index (κ1) is 24.5. The summed E-state index contributed by atoms with van der Waals surface area (Å²) in [4.78, 5) is 29.4. The summed E-state index contributed by atoms with van der Waals surface area (Å²) in [7, 11) is 0. The van der Waals surface area contributed by atoms with Crippen LogP contribution in [0.2, 0.25) is 0 Å². The third-order valence-corrected chi connectivity index (χ3v) is 6.58. The molecule has 0 aliphatic carbocycles. The van der Waals surface area contributed by atoms with Crippen molar-refractivity contribution in [3.05, 3.63) is 29.1 Å². The molecule has 32 heavy (non-hydrogen) atoms. The molecule has 0 saturated carbocycles. The number of amides is 1. The predicted molar refractivity (Wildman–Crippen MR) is 125 cm³/mol. The lowest BCUT2D eigenvalue weighted by molar-refractivity contribution is -0.124. The Morgan fingerprint density at radius 3 is 2.28 bits per heavy atom.